The molecule has 3 N–H and O–H groups in total. The fourth-order valence-corrected chi connectivity index (χ4v) is 2.80. The van der Waals surface area contributed by atoms with Gasteiger partial charge in [-0.25, -0.2) is 4.98 Å². The second kappa shape index (κ2) is 8.26. The summed E-state index contributed by atoms with van der Waals surface area (Å²) < 4.78 is 0. The van der Waals surface area contributed by atoms with E-state index in [-0.39, 0.29) is 0 Å². The van der Waals surface area contributed by atoms with Crippen molar-refractivity contribution < 1.29 is 9.90 Å². The smallest absolute Gasteiger partial charge is 0.323 e. The number of carboxylic acid groups (broad SMARTS) is 1. The summed E-state index contributed by atoms with van der Waals surface area (Å²) in [6, 6.07) is 0. The summed E-state index contributed by atoms with van der Waals surface area (Å²) in [6.45, 7) is 6.55. The number of aromatic nitrogens is 3. The molecule has 1 rings (SSSR count). The fraction of sp³-hybridized carbons (Fsp3) is 0.769. The van der Waals surface area contributed by atoms with Gasteiger partial charge in [0.15, 0.2) is 0 Å². The molecule has 114 valence electrons. The standard InChI is InChI=1S/C13H24N4O2S/c1-4-8-14-13(5-2,11(18)19)7-6-9-20-12-15-10(3)16-17-12/h14H,4-9H2,1-3H3,(H,18,19)(H,15,16,17). The summed E-state index contributed by atoms with van der Waals surface area (Å²) in [5.41, 5.74) is -0.800. The SMILES string of the molecule is CCCNC(CC)(CCCSc1n[nH]c(C)n1)C(=O)O. The molecule has 0 aliphatic carbocycles. The van der Waals surface area contributed by atoms with E-state index in [1.165, 1.54) is 0 Å². The first kappa shape index (κ1) is 17.0. The molecular formula is C13H24N4O2S. The number of nitrogens with zero attached hydrogens (tertiary/aromatic N) is 2. The predicted molar refractivity (Wildman–Crippen MR) is 80.0 cm³/mol. The van der Waals surface area contributed by atoms with Crippen molar-refractivity contribution in [1.82, 2.24) is 20.5 Å². The molecule has 0 fully saturated rings. The van der Waals surface area contributed by atoms with Gasteiger partial charge in [-0.15, -0.1) is 5.10 Å². The van der Waals surface area contributed by atoms with Crippen molar-refractivity contribution in [1.29, 1.82) is 0 Å². The van der Waals surface area contributed by atoms with Gasteiger partial charge in [-0.2, -0.15) is 0 Å². The second-order valence-corrected chi connectivity index (χ2v) is 5.89. The van der Waals surface area contributed by atoms with E-state index in [2.05, 4.69) is 20.5 Å². The van der Waals surface area contributed by atoms with Crippen LogP contribution in [0.1, 0.15) is 45.4 Å². The minimum Gasteiger partial charge on any atom is -0.480 e. The van der Waals surface area contributed by atoms with Gasteiger partial charge in [0.05, 0.1) is 0 Å². The van der Waals surface area contributed by atoms with Crippen molar-refractivity contribution in [3.05, 3.63) is 5.82 Å². The molecule has 0 aliphatic rings. The van der Waals surface area contributed by atoms with Crippen molar-refractivity contribution in [2.75, 3.05) is 12.3 Å². The fourth-order valence-electron chi connectivity index (χ4n) is 2.01. The van der Waals surface area contributed by atoms with E-state index in [1.54, 1.807) is 11.8 Å². The van der Waals surface area contributed by atoms with E-state index in [0.29, 0.717) is 12.8 Å². The van der Waals surface area contributed by atoms with E-state index in [1.807, 2.05) is 20.8 Å². The zero-order valence-electron chi connectivity index (χ0n) is 12.4. The van der Waals surface area contributed by atoms with Crippen LogP contribution in [-0.4, -0.2) is 44.1 Å². The highest BCUT2D eigenvalue weighted by atomic mass is 32.2. The number of hydrogen-bond acceptors (Lipinski definition) is 5. The molecule has 0 radical (unpaired) electrons. The third kappa shape index (κ3) is 4.79. The lowest BCUT2D eigenvalue weighted by Gasteiger charge is -2.29. The molecule has 1 aromatic rings. The average molecular weight is 300 g/mol. The number of rotatable bonds is 10. The van der Waals surface area contributed by atoms with Crippen LogP contribution in [0.25, 0.3) is 0 Å². The molecule has 6 nitrogen and oxygen atoms in total. The quantitative estimate of drug-likeness (QED) is 0.453. The number of carboxylic acids is 1. The van der Waals surface area contributed by atoms with Gasteiger partial charge in [0.2, 0.25) is 5.16 Å². The second-order valence-electron chi connectivity index (χ2n) is 4.82. The first-order valence-corrected chi connectivity index (χ1v) is 8.03. The summed E-state index contributed by atoms with van der Waals surface area (Å²) in [5.74, 6) is 0.859. The summed E-state index contributed by atoms with van der Waals surface area (Å²) in [7, 11) is 0. The zero-order valence-corrected chi connectivity index (χ0v) is 13.2. The zero-order chi connectivity index (χ0) is 15.0. The van der Waals surface area contributed by atoms with E-state index in [0.717, 1.165) is 36.1 Å². The molecule has 0 bridgehead atoms. The van der Waals surface area contributed by atoms with Crippen LogP contribution >= 0.6 is 11.8 Å². The van der Waals surface area contributed by atoms with Crippen LogP contribution in [0.2, 0.25) is 0 Å². The molecule has 0 aliphatic heterocycles. The molecular weight excluding hydrogens is 276 g/mol. The Hall–Kier alpha value is -1.08. The first-order chi connectivity index (χ1) is 9.54. The third-order valence-corrected chi connectivity index (χ3v) is 4.22. The van der Waals surface area contributed by atoms with Gasteiger partial charge in [0.25, 0.3) is 0 Å². The number of H-pyrrole nitrogens is 1. The Bertz CT molecular complexity index is 424. The van der Waals surface area contributed by atoms with E-state index in [4.69, 9.17) is 0 Å². The highest BCUT2D eigenvalue weighted by molar-refractivity contribution is 7.99. The van der Waals surface area contributed by atoms with Crippen molar-refractivity contribution in [3.63, 3.8) is 0 Å². The lowest BCUT2D eigenvalue weighted by atomic mass is 9.90. The van der Waals surface area contributed by atoms with Gasteiger partial charge in [-0.1, -0.05) is 25.6 Å². The number of aromatic amines is 1. The van der Waals surface area contributed by atoms with Gasteiger partial charge in [0.1, 0.15) is 11.4 Å². The van der Waals surface area contributed by atoms with Crippen molar-refractivity contribution in [2.24, 2.45) is 0 Å². The maximum atomic E-state index is 11.5. The average Bonchev–Trinajstić information content (AvgIpc) is 2.84. The van der Waals surface area contributed by atoms with Crippen molar-refractivity contribution in [3.8, 4) is 0 Å². The lowest BCUT2D eigenvalue weighted by molar-refractivity contribution is -0.145. The van der Waals surface area contributed by atoms with Gasteiger partial charge in [-0.05, 0) is 39.2 Å². The predicted octanol–water partition coefficient (Wildman–Crippen LogP) is 2.22. The molecule has 1 atom stereocenters. The van der Waals surface area contributed by atoms with Gasteiger partial charge >= 0.3 is 5.97 Å². The number of carbonyl (C=O) groups is 1. The lowest BCUT2D eigenvalue weighted by Crippen LogP contribution is -2.52. The molecule has 20 heavy (non-hydrogen) atoms. The largest absolute Gasteiger partial charge is 0.480 e. The number of nitrogens with one attached hydrogen (secondary N) is 2. The summed E-state index contributed by atoms with van der Waals surface area (Å²) in [5, 5.41) is 20.2. The van der Waals surface area contributed by atoms with Crippen LogP contribution in [0.15, 0.2) is 5.16 Å². The van der Waals surface area contributed by atoms with E-state index < -0.39 is 11.5 Å². The van der Waals surface area contributed by atoms with Gasteiger partial charge in [-0.3, -0.25) is 9.89 Å². The van der Waals surface area contributed by atoms with E-state index >= 15 is 0 Å². The van der Waals surface area contributed by atoms with Crippen LogP contribution < -0.4 is 5.32 Å². The number of thioether (sulfide) groups is 1. The first-order valence-electron chi connectivity index (χ1n) is 7.04. The molecule has 0 aromatic carbocycles. The maximum absolute atomic E-state index is 11.5. The van der Waals surface area contributed by atoms with Crippen LogP contribution in [0.3, 0.4) is 0 Å². The molecule has 7 heteroatoms. The highest BCUT2D eigenvalue weighted by Crippen LogP contribution is 2.21. The molecule has 0 spiro atoms. The summed E-state index contributed by atoms with van der Waals surface area (Å²) in [6.07, 6.45) is 2.96. The topological polar surface area (TPSA) is 90.9 Å². The van der Waals surface area contributed by atoms with Crippen LogP contribution in [0.4, 0.5) is 0 Å². The van der Waals surface area contributed by atoms with Crippen LogP contribution in [0.5, 0.6) is 0 Å². The highest BCUT2D eigenvalue weighted by Gasteiger charge is 2.35. The van der Waals surface area contributed by atoms with Gasteiger partial charge < -0.3 is 10.4 Å². The minimum atomic E-state index is -0.800. The van der Waals surface area contributed by atoms with Gasteiger partial charge in [0, 0.05) is 5.75 Å². The Morgan fingerprint density at radius 3 is 2.75 bits per heavy atom. The molecule has 0 saturated heterocycles. The molecule has 0 amide bonds. The molecule has 1 aromatic heterocycles. The molecule has 0 saturated carbocycles. The van der Waals surface area contributed by atoms with E-state index in [9.17, 15) is 9.90 Å². The Balaban J connectivity index is 2.43. The Morgan fingerprint density at radius 1 is 1.50 bits per heavy atom. The third-order valence-electron chi connectivity index (χ3n) is 3.28. The van der Waals surface area contributed by atoms with Crippen molar-refractivity contribution in [2.45, 2.75) is 57.1 Å². The molecule has 1 heterocycles. The maximum Gasteiger partial charge on any atom is 0.323 e. The normalized spacial score (nSPS) is 14.2. The Labute approximate surface area is 124 Å². The summed E-state index contributed by atoms with van der Waals surface area (Å²) >= 11 is 1.55. The van der Waals surface area contributed by atoms with Crippen LogP contribution in [0, 0.1) is 6.92 Å². The Kier molecular flexibility index (Phi) is 7.01. The number of hydrogen-bond donors (Lipinski definition) is 3. The minimum absolute atomic E-state index is 0.590. The van der Waals surface area contributed by atoms with Crippen molar-refractivity contribution >= 4 is 17.7 Å². The number of aryl methyl sites for hydroxylation is 1. The van der Waals surface area contributed by atoms with Crippen LogP contribution in [-0.2, 0) is 4.79 Å². The number of aliphatic carboxylic acids is 1. The summed E-state index contributed by atoms with van der Waals surface area (Å²) in [4.78, 5) is 15.7. The monoisotopic (exact) mass is 300 g/mol. The molecule has 1 unspecified atom stereocenters. The Morgan fingerprint density at radius 2 is 2.25 bits per heavy atom.